The van der Waals surface area contributed by atoms with Gasteiger partial charge < -0.3 is 15.4 Å². The molecule has 9 heteroatoms. The molecule has 0 aromatic carbocycles. The van der Waals surface area contributed by atoms with Crippen molar-refractivity contribution in [1.82, 2.24) is 19.9 Å². The van der Waals surface area contributed by atoms with Gasteiger partial charge in [-0.05, 0) is 69.7 Å². The van der Waals surface area contributed by atoms with Crippen LogP contribution in [0.1, 0.15) is 44.2 Å². The minimum atomic E-state index is 0.0110. The molecule has 2 N–H and O–H groups in total. The van der Waals surface area contributed by atoms with Crippen molar-refractivity contribution in [2.45, 2.75) is 45.4 Å². The molecule has 0 radical (unpaired) electrons. The summed E-state index contributed by atoms with van der Waals surface area (Å²) < 4.78 is 5.40. The summed E-state index contributed by atoms with van der Waals surface area (Å²) in [5.41, 5.74) is 4.01. The lowest BCUT2D eigenvalue weighted by molar-refractivity contribution is -0.143. The highest BCUT2D eigenvalue weighted by Crippen LogP contribution is 2.44. The van der Waals surface area contributed by atoms with Gasteiger partial charge in [-0.15, -0.1) is 0 Å². The summed E-state index contributed by atoms with van der Waals surface area (Å²) in [4.78, 5) is 43.1. The van der Waals surface area contributed by atoms with Crippen molar-refractivity contribution in [3.63, 3.8) is 0 Å². The number of amides is 2. The number of carbonyl (C=O) groups is 2. The van der Waals surface area contributed by atoms with Crippen LogP contribution in [0.3, 0.4) is 0 Å². The lowest BCUT2D eigenvalue weighted by Gasteiger charge is -2.45. The third-order valence-electron chi connectivity index (χ3n) is 7.74. The standard InChI is InChI=1S/C28H30N6O3/c1-17-22(13-21(14-31-17)32-26(35)19-4-8-28(9-5-19)15-37-16-28)25-30-11-7-23(33-25)20-6-10-29-24(12-20)34-27(36)18-2-3-18/h6-7,10-14,18-19H,2-5,8-9,15-16H2,1H3,(H,32,35)(H,29,34,36). The second-order valence-electron chi connectivity index (χ2n) is 10.6. The van der Waals surface area contributed by atoms with Gasteiger partial charge in [0.1, 0.15) is 5.82 Å². The van der Waals surface area contributed by atoms with E-state index in [1.807, 2.05) is 31.2 Å². The second-order valence-corrected chi connectivity index (χ2v) is 10.6. The van der Waals surface area contributed by atoms with Gasteiger partial charge in [-0.3, -0.25) is 14.6 Å². The zero-order chi connectivity index (χ0) is 25.4. The highest BCUT2D eigenvalue weighted by Gasteiger charge is 2.42. The molecule has 3 fully saturated rings. The van der Waals surface area contributed by atoms with Gasteiger partial charge in [0, 0.05) is 46.5 Å². The molecule has 0 bridgehead atoms. The van der Waals surface area contributed by atoms with Crippen LogP contribution in [0.15, 0.2) is 42.9 Å². The van der Waals surface area contributed by atoms with Crippen molar-refractivity contribution >= 4 is 23.3 Å². The lowest BCUT2D eigenvalue weighted by Crippen LogP contribution is -2.46. The topological polar surface area (TPSA) is 119 Å². The van der Waals surface area contributed by atoms with Gasteiger partial charge in [0.15, 0.2) is 5.82 Å². The molecular formula is C28H30N6O3. The molecule has 2 saturated carbocycles. The number of rotatable bonds is 6. The number of hydrogen-bond acceptors (Lipinski definition) is 7. The zero-order valence-corrected chi connectivity index (χ0v) is 20.9. The van der Waals surface area contributed by atoms with Crippen molar-refractivity contribution in [1.29, 1.82) is 0 Å². The third kappa shape index (κ3) is 5.09. The van der Waals surface area contributed by atoms with E-state index in [9.17, 15) is 9.59 Å². The summed E-state index contributed by atoms with van der Waals surface area (Å²) in [6, 6.07) is 7.38. The van der Waals surface area contributed by atoms with Crippen molar-refractivity contribution in [2.75, 3.05) is 23.8 Å². The number of hydrogen-bond donors (Lipinski definition) is 2. The Hall–Kier alpha value is -3.72. The molecule has 3 aliphatic rings. The van der Waals surface area contributed by atoms with Crippen LogP contribution in [0.2, 0.25) is 0 Å². The maximum Gasteiger partial charge on any atom is 0.228 e. The van der Waals surface area contributed by atoms with Crippen LogP contribution in [0, 0.1) is 24.2 Å². The highest BCUT2D eigenvalue weighted by molar-refractivity contribution is 5.94. The lowest BCUT2D eigenvalue weighted by atomic mass is 9.69. The van der Waals surface area contributed by atoms with Gasteiger partial charge in [-0.2, -0.15) is 0 Å². The number of nitrogens with zero attached hydrogens (tertiary/aromatic N) is 4. The third-order valence-corrected chi connectivity index (χ3v) is 7.74. The van der Waals surface area contributed by atoms with E-state index in [0.717, 1.165) is 68.6 Å². The van der Waals surface area contributed by atoms with Crippen LogP contribution in [-0.4, -0.2) is 45.0 Å². The van der Waals surface area contributed by atoms with Gasteiger partial charge in [0.05, 0.1) is 30.8 Å². The molecule has 1 saturated heterocycles. The SMILES string of the molecule is Cc1ncc(NC(=O)C2CCC3(CC2)COC3)cc1-c1nccc(-c2ccnc(NC(=O)C3CC3)c2)n1. The first kappa shape index (κ1) is 23.7. The quantitative estimate of drug-likeness (QED) is 0.517. The molecule has 0 unspecified atom stereocenters. The second kappa shape index (κ2) is 9.63. The average Bonchev–Trinajstić information content (AvgIpc) is 3.75. The predicted molar refractivity (Wildman–Crippen MR) is 138 cm³/mol. The van der Waals surface area contributed by atoms with Crippen LogP contribution in [0.4, 0.5) is 11.5 Å². The molecule has 3 aromatic heterocycles. The summed E-state index contributed by atoms with van der Waals surface area (Å²) in [6.07, 6.45) is 10.8. The summed E-state index contributed by atoms with van der Waals surface area (Å²) in [6.45, 7) is 3.57. The first-order valence-corrected chi connectivity index (χ1v) is 12.9. The Morgan fingerprint density at radius 3 is 2.38 bits per heavy atom. The molecule has 37 heavy (non-hydrogen) atoms. The largest absolute Gasteiger partial charge is 0.380 e. The zero-order valence-electron chi connectivity index (χ0n) is 20.9. The van der Waals surface area contributed by atoms with E-state index in [1.54, 1.807) is 18.6 Å². The van der Waals surface area contributed by atoms with Gasteiger partial charge in [0.2, 0.25) is 11.8 Å². The Morgan fingerprint density at radius 1 is 0.919 bits per heavy atom. The number of aryl methyl sites for hydroxylation is 1. The normalized spacial score (nSPS) is 18.7. The number of aromatic nitrogens is 4. The number of nitrogens with one attached hydrogen (secondary N) is 2. The van der Waals surface area contributed by atoms with E-state index in [0.29, 0.717) is 28.4 Å². The first-order chi connectivity index (χ1) is 18.0. The molecule has 6 rings (SSSR count). The molecule has 0 atom stereocenters. The summed E-state index contributed by atoms with van der Waals surface area (Å²) in [5, 5.41) is 5.94. The van der Waals surface area contributed by atoms with Crippen molar-refractivity contribution < 1.29 is 14.3 Å². The molecule has 1 aliphatic heterocycles. The fourth-order valence-electron chi connectivity index (χ4n) is 5.13. The first-order valence-electron chi connectivity index (χ1n) is 12.9. The van der Waals surface area contributed by atoms with Crippen LogP contribution in [-0.2, 0) is 14.3 Å². The smallest absolute Gasteiger partial charge is 0.228 e. The Morgan fingerprint density at radius 2 is 1.65 bits per heavy atom. The molecule has 2 aliphatic carbocycles. The monoisotopic (exact) mass is 498 g/mol. The Balaban J connectivity index is 1.18. The summed E-state index contributed by atoms with van der Waals surface area (Å²) >= 11 is 0. The molecular weight excluding hydrogens is 468 g/mol. The van der Waals surface area contributed by atoms with E-state index in [-0.39, 0.29) is 23.7 Å². The van der Waals surface area contributed by atoms with Crippen LogP contribution >= 0.6 is 0 Å². The fraction of sp³-hybridized carbons (Fsp3) is 0.429. The van der Waals surface area contributed by atoms with Crippen LogP contribution < -0.4 is 10.6 Å². The summed E-state index contributed by atoms with van der Waals surface area (Å²) in [5.74, 6) is 1.19. The minimum absolute atomic E-state index is 0.0110. The van der Waals surface area contributed by atoms with E-state index >= 15 is 0 Å². The molecule has 3 aromatic rings. The minimum Gasteiger partial charge on any atom is -0.380 e. The van der Waals surface area contributed by atoms with E-state index in [4.69, 9.17) is 9.72 Å². The fourth-order valence-corrected chi connectivity index (χ4v) is 5.13. The van der Waals surface area contributed by atoms with E-state index < -0.39 is 0 Å². The van der Waals surface area contributed by atoms with E-state index in [2.05, 4.69) is 25.6 Å². The Bertz CT molecular complexity index is 1340. The number of carbonyl (C=O) groups excluding carboxylic acids is 2. The van der Waals surface area contributed by atoms with Gasteiger partial charge in [0.25, 0.3) is 0 Å². The van der Waals surface area contributed by atoms with Gasteiger partial charge >= 0.3 is 0 Å². The molecule has 2 amide bonds. The maximum absolute atomic E-state index is 13.0. The maximum atomic E-state index is 13.0. The molecule has 1 spiro atoms. The van der Waals surface area contributed by atoms with Crippen LogP contribution in [0.25, 0.3) is 22.6 Å². The Labute approximate surface area is 215 Å². The van der Waals surface area contributed by atoms with Crippen molar-refractivity contribution in [3.05, 3.63) is 48.5 Å². The van der Waals surface area contributed by atoms with Crippen molar-refractivity contribution in [3.8, 4) is 22.6 Å². The predicted octanol–water partition coefficient (Wildman–Crippen LogP) is 4.40. The Kier molecular flexibility index (Phi) is 6.16. The number of ether oxygens (including phenoxy) is 1. The van der Waals surface area contributed by atoms with Gasteiger partial charge in [-0.25, -0.2) is 15.0 Å². The molecule has 190 valence electrons. The van der Waals surface area contributed by atoms with Crippen molar-refractivity contribution in [2.24, 2.45) is 17.3 Å². The average molecular weight is 499 g/mol. The molecule has 4 heterocycles. The summed E-state index contributed by atoms with van der Waals surface area (Å²) in [7, 11) is 0. The highest BCUT2D eigenvalue weighted by atomic mass is 16.5. The van der Waals surface area contributed by atoms with E-state index in [1.165, 1.54) is 0 Å². The number of anilines is 2. The van der Waals surface area contributed by atoms with Gasteiger partial charge in [-0.1, -0.05) is 0 Å². The molecule has 9 nitrogen and oxygen atoms in total. The van der Waals surface area contributed by atoms with Crippen LogP contribution in [0.5, 0.6) is 0 Å². The number of pyridine rings is 2.